The zero-order valence-electron chi connectivity index (χ0n) is 15.2. The highest BCUT2D eigenvalue weighted by atomic mass is 16.5. The third-order valence-electron chi connectivity index (χ3n) is 5.46. The van der Waals surface area contributed by atoms with Gasteiger partial charge in [0.1, 0.15) is 11.8 Å². The second-order valence-electron chi connectivity index (χ2n) is 7.04. The van der Waals surface area contributed by atoms with Crippen molar-refractivity contribution in [2.24, 2.45) is 0 Å². The van der Waals surface area contributed by atoms with Gasteiger partial charge >= 0.3 is 0 Å². The maximum atomic E-state index is 12.6. The Morgan fingerprint density at radius 2 is 1.88 bits per heavy atom. The molecule has 0 unspecified atom stereocenters. The second kappa shape index (κ2) is 9.02. The van der Waals surface area contributed by atoms with Crippen LogP contribution >= 0.6 is 0 Å². The van der Waals surface area contributed by atoms with E-state index in [1.165, 1.54) is 19.3 Å². The molecule has 1 saturated carbocycles. The topological polar surface area (TPSA) is 74.6 Å². The zero-order valence-corrected chi connectivity index (χ0v) is 15.2. The van der Waals surface area contributed by atoms with Gasteiger partial charge in [0.25, 0.3) is 5.91 Å². The fourth-order valence-corrected chi connectivity index (χ4v) is 4.02. The predicted molar refractivity (Wildman–Crippen MR) is 98.1 cm³/mol. The van der Waals surface area contributed by atoms with Crippen LogP contribution in [0.2, 0.25) is 0 Å². The maximum Gasteiger partial charge on any atom is 0.251 e. The predicted octanol–water partition coefficient (Wildman–Crippen LogP) is 2.35. The fraction of sp³-hybridized carbons (Fsp3) is 0.600. The molecule has 3 rings (SSSR count). The first-order valence-corrected chi connectivity index (χ1v) is 9.44. The highest BCUT2D eigenvalue weighted by molar-refractivity contribution is 5.94. The summed E-state index contributed by atoms with van der Waals surface area (Å²) in [6.45, 7) is 4.13. The summed E-state index contributed by atoms with van der Waals surface area (Å²) in [7, 11) is 0. The normalized spacial score (nSPS) is 20.1. The lowest BCUT2D eigenvalue weighted by Gasteiger charge is -2.48. The van der Waals surface area contributed by atoms with Gasteiger partial charge in [0, 0.05) is 30.7 Å². The Hall–Kier alpha value is -2.10. The van der Waals surface area contributed by atoms with Crippen molar-refractivity contribution >= 4 is 5.91 Å². The van der Waals surface area contributed by atoms with Crippen LogP contribution in [0.4, 0.5) is 0 Å². The Bertz CT molecular complexity index is 627. The van der Waals surface area contributed by atoms with Gasteiger partial charge in [-0.2, -0.15) is 5.26 Å². The lowest BCUT2D eigenvalue weighted by molar-refractivity contribution is -0.0361. The molecule has 0 spiro atoms. The van der Waals surface area contributed by atoms with Gasteiger partial charge in [0.2, 0.25) is 0 Å². The van der Waals surface area contributed by atoms with Crippen molar-refractivity contribution in [2.75, 3.05) is 39.5 Å². The monoisotopic (exact) mass is 357 g/mol. The lowest BCUT2D eigenvalue weighted by Crippen LogP contribution is -2.59. The van der Waals surface area contributed by atoms with Crippen molar-refractivity contribution in [3.63, 3.8) is 0 Å². The molecule has 26 heavy (non-hydrogen) atoms. The number of carbonyl (C=O) groups excluding carboxylic acids is 1. The average Bonchev–Trinajstić information content (AvgIpc) is 2.72. The summed E-state index contributed by atoms with van der Waals surface area (Å²) < 4.78 is 10.7. The fourth-order valence-electron chi connectivity index (χ4n) is 4.02. The Balaban J connectivity index is 1.61. The van der Waals surface area contributed by atoms with Crippen molar-refractivity contribution in [3.8, 4) is 11.8 Å². The molecular formula is C20H27N3O3. The van der Waals surface area contributed by atoms with Crippen LogP contribution in [0.15, 0.2) is 24.3 Å². The van der Waals surface area contributed by atoms with Crippen LogP contribution in [0.1, 0.15) is 42.5 Å². The third-order valence-corrected chi connectivity index (χ3v) is 5.46. The van der Waals surface area contributed by atoms with E-state index in [4.69, 9.17) is 14.7 Å². The van der Waals surface area contributed by atoms with Crippen molar-refractivity contribution in [2.45, 2.75) is 37.6 Å². The standard InChI is InChI=1S/C20H27N3O3/c21-10-13-26-18-6-4-17(5-7-18)19(24)22-16-20(8-2-1-3-9-20)23-11-14-25-15-12-23/h4-7H,1-3,8-9,11-16H2,(H,22,24). The van der Waals surface area contributed by atoms with E-state index in [2.05, 4.69) is 10.2 Å². The molecule has 140 valence electrons. The zero-order chi connectivity index (χ0) is 18.2. The minimum Gasteiger partial charge on any atom is -0.479 e. The highest BCUT2D eigenvalue weighted by Gasteiger charge is 2.38. The minimum atomic E-state index is -0.0601. The molecular weight excluding hydrogens is 330 g/mol. The van der Waals surface area contributed by atoms with Crippen molar-refractivity contribution in [1.82, 2.24) is 10.2 Å². The average molecular weight is 357 g/mol. The third kappa shape index (κ3) is 4.54. The molecule has 1 aliphatic heterocycles. The van der Waals surface area contributed by atoms with Crippen LogP contribution in [0, 0.1) is 11.3 Å². The molecule has 1 aliphatic carbocycles. The van der Waals surface area contributed by atoms with Gasteiger partial charge in [-0.3, -0.25) is 9.69 Å². The molecule has 0 radical (unpaired) electrons. The van der Waals surface area contributed by atoms with E-state index in [0.717, 1.165) is 39.1 Å². The highest BCUT2D eigenvalue weighted by Crippen LogP contribution is 2.34. The molecule has 0 aromatic heterocycles. The van der Waals surface area contributed by atoms with Crippen LogP contribution in [0.25, 0.3) is 0 Å². The van der Waals surface area contributed by atoms with Crippen LogP contribution in [-0.4, -0.2) is 55.8 Å². The first-order chi connectivity index (χ1) is 12.7. The number of rotatable bonds is 6. The number of benzene rings is 1. The summed E-state index contributed by atoms with van der Waals surface area (Å²) in [6, 6.07) is 8.86. The van der Waals surface area contributed by atoms with Gasteiger partial charge in [-0.05, 0) is 37.1 Å². The van der Waals surface area contributed by atoms with Crippen LogP contribution in [0.5, 0.6) is 5.75 Å². The Morgan fingerprint density at radius 1 is 1.19 bits per heavy atom. The van der Waals surface area contributed by atoms with Gasteiger partial charge in [-0.15, -0.1) is 0 Å². The number of nitrogens with zero attached hydrogens (tertiary/aromatic N) is 2. The van der Waals surface area contributed by atoms with Gasteiger partial charge in [-0.1, -0.05) is 19.3 Å². The molecule has 0 bridgehead atoms. The van der Waals surface area contributed by atoms with E-state index < -0.39 is 0 Å². The Labute approximate surface area is 155 Å². The van der Waals surface area contributed by atoms with Crippen molar-refractivity contribution < 1.29 is 14.3 Å². The van der Waals surface area contributed by atoms with Crippen molar-refractivity contribution in [3.05, 3.63) is 29.8 Å². The molecule has 1 saturated heterocycles. The summed E-state index contributed by atoms with van der Waals surface area (Å²) in [5.74, 6) is 0.537. The van der Waals surface area contributed by atoms with Crippen LogP contribution < -0.4 is 10.1 Å². The lowest BCUT2D eigenvalue weighted by atomic mass is 9.79. The SMILES string of the molecule is N#CCOc1ccc(C(=O)NCC2(N3CCOCC3)CCCCC2)cc1. The van der Waals surface area contributed by atoms with Crippen molar-refractivity contribution in [1.29, 1.82) is 5.26 Å². The van der Waals surface area contributed by atoms with Crippen LogP contribution in [-0.2, 0) is 4.74 Å². The summed E-state index contributed by atoms with van der Waals surface area (Å²) >= 11 is 0. The van der Waals surface area contributed by atoms with Gasteiger partial charge in [0.05, 0.1) is 13.2 Å². The molecule has 6 nitrogen and oxygen atoms in total. The van der Waals surface area contributed by atoms with E-state index in [1.807, 2.05) is 6.07 Å². The van der Waals surface area contributed by atoms with E-state index in [1.54, 1.807) is 24.3 Å². The summed E-state index contributed by atoms with van der Waals surface area (Å²) in [6.07, 6.45) is 5.99. The second-order valence-corrected chi connectivity index (χ2v) is 7.04. The Kier molecular flexibility index (Phi) is 6.48. The first kappa shape index (κ1) is 18.7. The maximum absolute atomic E-state index is 12.6. The molecule has 0 atom stereocenters. The molecule has 1 heterocycles. The van der Waals surface area contributed by atoms with Gasteiger partial charge in [0.15, 0.2) is 6.61 Å². The number of hydrogen-bond acceptors (Lipinski definition) is 5. The summed E-state index contributed by atoms with van der Waals surface area (Å²) in [5.41, 5.74) is 0.676. The first-order valence-electron chi connectivity index (χ1n) is 9.44. The number of amides is 1. The summed E-state index contributed by atoms with van der Waals surface area (Å²) in [5, 5.41) is 11.7. The van der Waals surface area contributed by atoms with E-state index in [0.29, 0.717) is 17.9 Å². The number of nitriles is 1. The number of hydrogen-bond donors (Lipinski definition) is 1. The molecule has 1 N–H and O–H groups in total. The molecule has 2 fully saturated rings. The number of ether oxygens (including phenoxy) is 2. The molecule has 1 amide bonds. The van der Waals surface area contributed by atoms with Crippen LogP contribution in [0.3, 0.4) is 0 Å². The molecule has 2 aliphatic rings. The number of carbonyl (C=O) groups is 1. The van der Waals surface area contributed by atoms with Gasteiger partial charge in [-0.25, -0.2) is 0 Å². The smallest absolute Gasteiger partial charge is 0.251 e. The van der Waals surface area contributed by atoms with E-state index >= 15 is 0 Å². The largest absolute Gasteiger partial charge is 0.479 e. The van der Waals surface area contributed by atoms with Gasteiger partial charge < -0.3 is 14.8 Å². The number of morpholine rings is 1. The minimum absolute atomic E-state index is 0.00755. The number of nitrogens with one attached hydrogen (secondary N) is 1. The molecule has 1 aromatic rings. The van der Waals surface area contributed by atoms with E-state index in [9.17, 15) is 4.79 Å². The summed E-state index contributed by atoms with van der Waals surface area (Å²) in [4.78, 5) is 15.1. The Morgan fingerprint density at radius 3 is 2.54 bits per heavy atom. The molecule has 6 heteroatoms. The van der Waals surface area contributed by atoms with E-state index in [-0.39, 0.29) is 18.1 Å². The quantitative estimate of drug-likeness (QED) is 0.846. The molecule has 1 aromatic carbocycles.